The first-order chi connectivity index (χ1) is 10.1. The van der Waals surface area contributed by atoms with Crippen LogP contribution in [0.2, 0.25) is 0 Å². The fourth-order valence-corrected chi connectivity index (χ4v) is 3.07. The highest BCUT2D eigenvalue weighted by molar-refractivity contribution is 7.92. The second kappa shape index (κ2) is 5.61. The molecule has 0 aliphatic rings. The largest absolute Gasteiger partial charge is 0.317 e. The lowest BCUT2D eigenvalue weighted by molar-refractivity contribution is 0.587. The average Bonchev–Trinajstić information content (AvgIpc) is 2.43. The molecule has 6 heteroatoms. The van der Waals surface area contributed by atoms with E-state index in [0.717, 1.165) is 5.56 Å². The van der Waals surface area contributed by atoms with Gasteiger partial charge < -0.3 is 4.57 Å². The maximum Gasteiger partial charge on any atom is 0.274 e. The van der Waals surface area contributed by atoms with Gasteiger partial charge in [0.15, 0.2) is 0 Å². The van der Waals surface area contributed by atoms with E-state index in [1.165, 1.54) is 10.6 Å². The summed E-state index contributed by atoms with van der Waals surface area (Å²) in [6, 6.07) is 9.74. The minimum atomic E-state index is -3.78. The van der Waals surface area contributed by atoms with Crippen LogP contribution in [0.5, 0.6) is 0 Å². The Kier molecular flexibility index (Phi) is 4.15. The smallest absolute Gasteiger partial charge is 0.274 e. The third-order valence-electron chi connectivity index (χ3n) is 3.40. The van der Waals surface area contributed by atoms with Crippen molar-refractivity contribution in [1.82, 2.24) is 4.57 Å². The van der Waals surface area contributed by atoms with Crippen LogP contribution >= 0.6 is 0 Å². The van der Waals surface area contributed by atoms with Crippen LogP contribution in [0.4, 0.5) is 5.69 Å². The van der Waals surface area contributed by atoms with Crippen LogP contribution in [0.1, 0.15) is 26.3 Å². The van der Waals surface area contributed by atoms with Gasteiger partial charge in [0.05, 0.1) is 4.90 Å². The highest BCUT2D eigenvalue weighted by Crippen LogP contribution is 2.23. The molecule has 118 valence electrons. The van der Waals surface area contributed by atoms with Crippen LogP contribution in [-0.4, -0.2) is 13.0 Å². The first-order valence-electron chi connectivity index (χ1n) is 6.90. The SMILES string of the molecule is Cn1cccc(NS(=O)(=O)c2ccc(C(C)(C)C)cc2)c1=O. The van der Waals surface area contributed by atoms with Gasteiger partial charge in [-0.3, -0.25) is 9.52 Å². The van der Waals surface area contributed by atoms with Crippen molar-refractivity contribution in [3.63, 3.8) is 0 Å². The molecule has 0 saturated heterocycles. The second-order valence-corrected chi connectivity index (χ2v) is 7.90. The van der Waals surface area contributed by atoms with Gasteiger partial charge in [-0.05, 0) is 35.2 Å². The maximum absolute atomic E-state index is 12.4. The van der Waals surface area contributed by atoms with Gasteiger partial charge in [-0.2, -0.15) is 0 Å². The molecule has 0 unspecified atom stereocenters. The predicted octanol–water partition coefficient (Wildman–Crippen LogP) is 2.48. The summed E-state index contributed by atoms with van der Waals surface area (Å²) < 4.78 is 28.4. The van der Waals surface area contributed by atoms with E-state index in [2.05, 4.69) is 25.5 Å². The zero-order chi connectivity index (χ0) is 16.5. The zero-order valence-corrected chi connectivity index (χ0v) is 13.9. The van der Waals surface area contributed by atoms with E-state index < -0.39 is 15.6 Å². The maximum atomic E-state index is 12.4. The standard InChI is InChI=1S/C16H20N2O3S/c1-16(2,3)12-7-9-13(10-8-12)22(20,21)17-14-6-5-11-18(4)15(14)19/h5-11,17H,1-4H3. The summed E-state index contributed by atoms with van der Waals surface area (Å²) in [5.41, 5.74) is 0.634. The quantitative estimate of drug-likeness (QED) is 0.944. The minimum absolute atomic E-state index is 0.0323. The molecule has 1 aromatic carbocycles. The molecule has 0 amide bonds. The van der Waals surface area contributed by atoms with E-state index in [0.29, 0.717) is 0 Å². The Morgan fingerprint density at radius 1 is 1.05 bits per heavy atom. The fraction of sp³-hybridized carbons (Fsp3) is 0.312. The van der Waals surface area contributed by atoms with Crippen molar-refractivity contribution >= 4 is 15.7 Å². The van der Waals surface area contributed by atoms with E-state index >= 15 is 0 Å². The Labute approximate surface area is 130 Å². The monoisotopic (exact) mass is 320 g/mol. The summed E-state index contributed by atoms with van der Waals surface area (Å²) in [5, 5.41) is 0. The number of nitrogens with one attached hydrogen (secondary N) is 1. The first-order valence-corrected chi connectivity index (χ1v) is 8.38. The van der Waals surface area contributed by atoms with Crippen LogP contribution in [0.3, 0.4) is 0 Å². The molecular weight excluding hydrogens is 300 g/mol. The molecule has 0 aliphatic carbocycles. The summed E-state index contributed by atoms with van der Waals surface area (Å²) in [7, 11) is -2.21. The normalized spacial score (nSPS) is 12.2. The van der Waals surface area contributed by atoms with Gasteiger partial charge in [0.25, 0.3) is 15.6 Å². The summed E-state index contributed by atoms with van der Waals surface area (Å²) in [6.07, 6.45) is 1.57. The van der Waals surface area contributed by atoms with Crippen LogP contribution in [0, 0.1) is 0 Å². The first kappa shape index (κ1) is 16.3. The summed E-state index contributed by atoms with van der Waals surface area (Å²) in [4.78, 5) is 12.0. The summed E-state index contributed by atoms with van der Waals surface area (Å²) >= 11 is 0. The molecule has 0 fully saturated rings. The molecule has 1 heterocycles. The van der Waals surface area contributed by atoms with Crippen LogP contribution in [0.15, 0.2) is 52.3 Å². The molecule has 0 radical (unpaired) electrons. The molecule has 2 rings (SSSR count). The van der Waals surface area contributed by atoms with Crippen molar-refractivity contribution in [2.45, 2.75) is 31.1 Å². The lowest BCUT2D eigenvalue weighted by Gasteiger charge is -2.19. The molecule has 5 nitrogen and oxygen atoms in total. The minimum Gasteiger partial charge on any atom is -0.317 e. The van der Waals surface area contributed by atoms with Gasteiger partial charge in [0.1, 0.15) is 5.69 Å². The number of aryl methyl sites for hydroxylation is 1. The Hall–Kier alpha value is -2.08. The van der Waals surface area contributed by atoms with Gasteiger partial charge in [-0.25, -0.2) is 8.42 Å². The molecule has 1 N–H and O–H groups in total. The number of pyridine rings is 1. The Morgan fingerprint density at radius 2 is 1.64 bits per heavy atom. The molecule has 1 aromatic heterocycles. The number of benzene rings is 1. The summed E-state index contributed by atoms with van der Waals surface area (Å²) in [5.74, 6) is 0. The van der Waals surface area contributed by atoms with E-state index in [9.17, 15) is 13.2 Å². The third kappa shape index (κ3) is 3.39. The molecule has 0 saturated carbocycles. The van der Waals surface area contributed by atoms with Gasteiger partial charge >= 0.3 is 0 Å². The molecule has 0 bridgehead atoms. The highest BCUT2D eigenvalue weighted by Gasteiger charge is 2.18. The summed E-state index contributed by atoms with van der Waals surface area (Å²) in [6.45, 7) is 6.17. The van der Waals surface area contributed by atoms with Gasteiger partial charge in [0, 0.05) is 13.2 Å². The molecule has 0 spiro atoms. The fourth-order valence-electron chi connectivity index (χ4n) is 2.01. The Bertz CT molecular complexity index is 829. The van der Waals surface area contributed by atoms with E-state index in [1.807, 2.05) is 0 Å². The Balaban J connectivity index is 2.35. The number of nitrogens with zero attached hydrogens (tertiary/aromatic N) is 1. The van der Waals surface area contributed by atoms with Crippen molar-refractivity contribution in [1.29, 1.82) is 0 Å². The van der Waals surface area contributed by atoms with Crippen molar-refractivity contribution < 1.29 is 8.42 Å². The van der Waals surface area contributed by atoms with Crippen molar-refractivity contribution in [2.75, 3.05) is 4.72 Å². The van der Waals surface area contributed by atoms with E-state index in [4.69, 9.17) is 0 Å². The van der Waals surface area contributed by atoms with E-state index in [1.54, 1.807) is 43.6 Å². The number of hydrogen-bond acceptors (Lipinski definition) is 3. The molecule has 22 heavy (non-hydrogen) atoms. The van der Waals surface area contributed by atoms with Gasteiger partial charge in [0.2, 0.25) is 0 Å². The van der Waals surface area contributed by atoms with Crippen LogP contribution < -0.4 is 10.3 Å². The van der Waals surface area contributed by atoms with Crippen LogP contribution in [-0.2, 0) is 22.5 Å². The molecule has 0 atom stereocenters. The van der Waals surface area contributed by atoms with Crippen LogP contribution in [0.25, 0.3) is 0 Å². The van der Waals surface area contributed by atoms with Crippen molar-refractivity contribution in [3.05, 3.63) is 58.5 Å². The number of sulfonamides is 1. The second-order valence-electron chi connectivity index (χ2n) is 6.22. The number of rotatable bonds is 3. The number of anilines is 1. The molecular formula is C16H20N2O3S. The topological polar surface area (TPSA) is 68.2 Å². The lowest BCUT2D eigenvalue weighted by Crippen LogP contribution is -2.24. The number of aromatic nitrogens is 1. The van der Waals surface area contributed by atoms with Crippen molar-refractivity contribution in [2.24, 2.45) is 7.05 Å². The third-order valence-corrected chi connectivity index (χ3v) is 4.78. The van der Waals surface area contributed by atoms with Gasteiger partial charge in [-0.15, -0.1) is 0 Å². The highest BCUT2D eigenvalue weighted by atomic mass is 32.2. The molecule has 0 aliphatic heterocycles. The predicted molar refractivity (Wildman–Crippen MR) is 87.6 cm³/mol. The molecule has 2 aromatic rings. The lowest BCUT2D eigenvalue weighted by atomic mass is 9.87. The zero-order valence-electron chi connectivity index (χ0n) is 13.1. The average molecular weight is 320 g/mol. The Morgan fingerprint density at radius 3 is 2.18 bits per heavy atom. The van der Waals surface area contributed by atoms with E-state index in [-0.39, 0.29) is 16.0 Å². The van der Waals surface area contributed by atoms with Gasteiger partial charge in [-0.1, -0.05) is 32.9 Å². The van der Waals surface area contributed by atoms with Crippen molar-refractivity contribution in [3.8, 4) is 0 Å². The number of hydrogen-bond donors (Lipinski definition) is 1.